The number of hydrogen-bond donors (Lipinski definition) is 1. The summed E-state index contributed by atoms with van der Waals surface area (Å²) in [6.07, 6.45) is 0. The Morgan fingerprint density at radius 2 is 1.78 bits per heavy atom. The van der Waals surface area contributed by atoms with Crippen LogP contribution in [-0.2, 0) is 21.9 Å². The largest absolute Gasteiger partial charge is 0.357 e. The molecule has 0 spiro atoms. The summed E-state index contributed by atoms with van der Waals surface area (Å²) < 4.78 is 0. The first-order valence-electron chi connectivity index (χ1n) is 8.49. The van der Waals surface area contributed by atoms with Gasteiger partial charge in [0.1, 0.15) is 6.04 Å². The van der Waals surface area contributed by atoms with Crippen LogP contribution in [0.1, 0.15) is 18.1 Å². The Morgan fingerprint density at radius 3 is 2.41 bits per heavy atom. The van der Waals surface area contributed by atoms with Gasteiger partial charge in [-0.15, -0.1) is 11.8 Å². The molecule has 0 aliphatic carbocycles. The number of likely N-dealkylation sites (N-methyl/N-ethyl adjacent to an activating group) is 1. The summed E-state index contributed by atoms with van der Waals surface area (Å²) in [6.45, 7) is 2.07. The predicted molar refractivity (Wildman–Crippen MR) is 113 cm³/mol. The molecule has 0 bridgehead atoms. The second-order valence-corrected chi connectivity index (χ2v) is 7.85. The highest BCUT2D eigenvalue weighted by molar-refractivity contribution is 7.99. The first-order valence-corrected chi connectivity index (χ1v) is 10.4. The number of nitrogens with one attached hydrogen (secondary N) is 1. The van der Waals surface area contributed by atoms with Gasteiger partial charge in [0.15, 0.2) is 0 Å². The van der Waals surface area contributed by atoms with Crippen LogP contribution in [0.4, 0.5) is 0 Å². The molecule has 0 fully saturated rings. The molecule has 2 rings (SSSR count). The molecule has 2 aromatic carbocycles. The molecular weight excluding hydrogens is 403 g/mol. The van der Waals surface area contributed by atoms with Gasteiger partial charge in [0, 0.05) is 29.4 Å². The minimum absolute atomic E-state index is 0.0990. The lowest BCUT2D eigenvalue weighted by Gasteiger charge is -2.28. The maximum absolute atomic E-state index is 12.8. The van der Waals surface area contributed by atoms with Gasteiger partial charge in [-0.2, -0.15) is 0 Å². The van der Waals surface area contributed by atoms with Gasteiger partial charge in [-0.05, 0) is 36.2 Å². The van der Waals surface area contributed by atoms with E-state index in [9.17, 15) is 9.59 Å². The zero-order valence-electron chi connectivity index (χ0n) is 15.2. The monoisotopic (exact) mass is 424 g/mol. The van der Waals surface area contributed by atoms with Crippen molar-refractivity contribution >= 4 is 46.8 Å². The normalized spacial score (nSPS) is 11.7. The first kappa shape index (κ1) is 21.6. The molecule has 0 aliphatic rings. The molecule has 0 aromatic heterocycles. The average Bonchev–Trinajstić information content (AvgIpc) is 2.67. The van der Waals surface area contributed by atoms with Crippen molar-refractivity contribution in [2.24, 2.45) is 0 Å². The minimum atomic E-state index is -0.570. The number of carbonyl (C=O) groups excluding carboxylic acids is 2. The standard InChI is InChI=1S/C20H22Cl2N2O2S/c1-14(20(26)23-2)24(11-15-7-9-17(21)10-8-15)19(25)13-27-12-16-5-3-4-6-18(16)22/h3-10,14H,11-13H2,1-2H3,(H,23,26)/t14-/m1/s1. The van der Waals surface area contributed by atoms with Crippen LogP contribution >= 0.6 is 35.0 Å². The molecule has 0 radical (unpaired) electrons. The molecule has 4 nitrogen and oxygen atoms in total. The van der Waals surface area contributed by atoms with E-state index in [2.05, 4.69) is 5.32 Å². The van der Waals surface area contributed by atoms with E-state index in [0.717, 1.165) is 11.1 Å². The molecule has 2 aromatic rings. The highest BCUT2D eigenvalue weighted by Gasteiger charge is 2.25. The number of carbonyl (C=O) groups is 2. The van der Waals surface area contributed by atoms with Gasteiger partial charge in [0.05, 0.1) is 5.75 Å². The van der Waals surface area contributed by atoms with Crippen LogP contribution < -0.4 is 5.32 Å². The molecule has 7 heteroatoms. The van der Waals surface area contributed by atoms with Gasteiger partial charge in [0.2, 0.25) is 11.8 Å². The van der Waals surface area contributed by atoms with Crippen molar-refractivity contribution in [2.45, 2.75) is 25.3 Å². The fraction of sp³-hybridized carbons (Fsp3) is 0.300. The predicted octanol–water partition coefficient (Wildman–Crippen LogP) is 4.39. The number of benzene rings is 2. The fourth-order valence-electron chi connectivity index (χ4n) is 2.52. The van der Waals surface area contributed by atoms with Crippen molar-refractivity contribution in [3.63, 3.8) is 0 Å². The van der Waals surface area contributed by atoms with Crippen molar-refractivity contribution in [1.82, 2.24) is 10.2 Å². The van der Waals surface area contributed by atoms with Crippen molar-refractivity contribution in [2.75, 3.05) is 12.8 Å². The molecule has 0 aliphatic heterocycles. The highest BCUT2D eigenvalue weighted by atomic mass is 35.5. The number of amides is 2. The van der Waals surface area contributed by atoms with E-state index >= 15 is 0 Å². The average molecular weight is 425 g/mol. The Hall–Kier alpha value is -1.69. The molecule has 1 atom stereocenters. The third kappa shape index (κ3) is 6.45. The van der Waals surface area contributed by atoms with Crippen LogP contribution in [0.2, 0.25) is 10.0 Å². The summed E-state index contributed by atoms with van der Waals surface area (Å²) >= 11 is 13.6. The summed E-state index contributed by atoms with van der Waals surface area (Å²) in [5.41, 5.74) is 1.90. The van der Waals surface area contributed by atoms with E-state index in [1.807, 2.05) is 36.4 Å². The van der Waals surface area contributed by atoms with Crippen LogP contribution in [0.3, 0.4) is 0 Å². The quantitative estimate of drug-likeness (QED) is 0.683. The molecule has 0 saturated heterocycles. The maximum Gasteiger partial charge on any atom is 0.242 e. The lowest BCUT2D eigenvalue weighted by molar-refractivity contribution is -0.138. The van der Waals surface area contributed by atoms with Crippen LogP contribution in [0, 0.1) is 0 Å². The van der Waals surface area contributed by atoms with Gasteiger partial charge >= 0.3 is 0 Å². The Bertz CT molecular complexity index is 784. The number of halogens is 2. The van der Waals surface area contributed by atoms with E-state index in [-0.39, 0.29) is 17.6 Å². The molecule has 1 N–H and O–H groups in total. The Balaban J connectivity index is 2.04. The summed E-state index contributed by atoms with van der Waals surface area (Å²) in [5.74, 6) is 0.598. The highest BCUT2D eigenvalue weighted by Crippen LogP contribution is 2.22. The fourth-order valence-corrected chi connectivity index (χ4v) is 3.85. The van der Waals surface area contributed by atoms with Gasteiger partial charge in [-0.1, -0.05) is 53.5 Å². The van der Waals surface area contributed by atoms with E-state index in [0.29, 0.717) is 22.3 Å². The van der Waals surface area contributed by atoms with Crippen molar-refractivity contribution < 1.29 is 9.59 Å². The zero-order valence-corrected chi connectivity index (χ0v) is 17.6. The van der Waals surface area contributed by atoms with Crippen LogP contribution in [0.25, 0.3) is 0 Å². The van der Waals surface area contributed by atoms with E-state index in [1.165, 1.54) is 11.8 Å². The molecule has 2 amide bonds. The topological polar surface area (TPSA) is 49.4 Å². The molecule has 0 unspecified atom stereocenters. The smallest absolute Gasteiger partial charge is 0.242 e. The van der Waals surface area contributed by atoms with E-state index in [4.69, 9.17) is 23.2 Å². The second kappa shape index (κ2) is 10.6. The minimum Gasteiger partial charge on any atom is -0.357 e. The summed E-state index contributed by atoms with van der Waals surface area (Å²) in [5, 5.41) is 3.93. The van der Waals surface area contributed by atoms with Gasteiger partial charge in [-0.3, -0.25) is 9.59 Å². The van der Waals surface area contributed by atoms with E-state index < -0.39 is 6.04 Å². The van der Waals surface area contributed by atoms with Crippen molar-refractivity contribution in [3.8, 4) is 0 Å². The Morgan fingerprint density at radius 1 is 1.11 bits per heavy atom. The van der Waals surface area contributed by atoms with Crippen molar-refractivity contribution in [1.29, 1.82) is 0 Å². The SMILES string of the molecule is CNC(=O)[C@@H](C)N(Cc1ccc(Cl)cc1)C(=O)CSCc1ccccc1Cl. The Kier molecular flexibility index (Phi) is 8.48. The molecule has 0 heterocycles. The molecular formula is C20H22Cl2N2O2S. The third-order valence-electron chi connectivity index (χ3n) is 4.12. The van der Waals surface area contributed by atoms with Crippen LogP contribution in [0.15, 0.2) is 48.5 Å². The molecule has 144 valence electrons. The Labute approximate surface area is 174 Å². The lowest BCUT2D eigenvalue weighted by atomic mass is 10.1. The van der Waals surface area contributed by atoms with Gasteiger partial charge in [0.25, 0.3) is 0 Å². The van der Waals surface area contributed by atoms with Crippen LogP contribution in [-0.4, -0.2) is 35.6 Å². The summed E-state index contributed by atoms with van der Waals surface area (Å²) in [7, 11) is 1.57. The summed E-state index contributed by atoms with van der Waals surface area (Å²) in [6, 6.07) is 14.3. The number of nitrogens with zero attached hydrogens (tertiary/aromatic N) is 1. The maximum atomic E-state index is 12.8. The molecule has 27 heavy (non-hydrogen) atoms. The molecule has 0 saturated carbocycles. The van der Waals surface area contributed by atoms with Gasteiger partial charge in [-0.25, -0.2) is 0 Å². The van der Waals surface area contributed by atoms with E-state index in [1.54, 1.807) is 31.0 Å². The summed E-state index contributed by atoms with van der Waals surface area (Å²) in [4.78, 5) is 26.5. The number of rotatable bonds is 8. The van der Waals surface area contributed by atoms with Crippen molar-refractivity contribution in [3.05, 3.63) is 69.7 Å². The lowest BCUT2D eigenvalue weighted by Crippen LogP contribution is -2.47. The zero-order chi connectivity index (χ0) is 19.8. The number of hydrogen-bond acceptors (Lipinski definition) is 3. The van der Waals surface area contributed by atoms with Gasteiger partial charge < -0.3 is 10.2 Å². The first-order chi connectivity index (χ1) is 12.9. The number of thioether (sulfide) groups is 1. The van der Waals surface area contributed by atoms with Crippen LogP contribution in [0.5, 0.6) is 0 Å². The second-order valence-electron chi connectivity index (χ2n) is 6.02. The third-order valence-corrected chi connectivity index (χ3v) is 5.71.